The number of H-pyrrole nitrogens is 1. The number of anilines is 1. The summed E-state index contributed by atoms with van der Waals surface area (Å²) in [7, 11) is 0. The summed E-state index contributed by atoms with van der Waals surface area (Å²) in [6.07, 6.45) is 3.01. The van der Waals surface area contributed by atoms with Crippen molar-refractivity contribution in [2.75, 3.05) is 5.06 Å². The lowest BCUT2D eigenvalue weighted by Crippen LogP contribution is -2.25. The Bertz CT molecular complexity index is 1060. The molecule has 5 rings (SSSR count). The minimum absolute atomic E-state index is 0.133. The number of hydroxylamine groups is 1. The first-order chi connectivity index (χ1) is 13.2. The molecule has 0 spiro atoms. The van der Waals surface area contributed by atoms with Gasteiger partial charge in [0.15, 0.2) is 0 Å². The van der Waals surface area contributed by atoms with Gasteiger partial charge in [-0.25, -0.2) is 5.06 Å². The Labute approximate surface area is 159 Å². The van der Waals surface area contributed by atoms with Gasteiger partial charge in [-0.3, -0.25) is 4.84 Å². The van der Waals surface area contributed by atoms with Crippen molar-refractivity contribution in [1.29, 1.82) is 0 Å². The van der Waals surface area contributed by atoms with Crippen LogP contribution < -0.4 is 5.06 Å². The monoisotopic (exact) mass is 354 g/mol. The van der Waals surface area contributed by atoms with Crippen molar-refractivity contribution in [1.82, 2.24) is 4.98 Å². The molecule has 3 aromatic carbocycles. The largest absolute Gasteiger partial charge is 0.361 e. The zero-order chi connectivity index (χ0) is 18.3. The van der Waals surface area contributed by atoms with Gasteiger partial charge in [-0.05, 0) is 30.7 Å². The summed E-state index contributed by atoms with van der Waals surface area (Å²) < 4.78 is 0. The molecular formula is C24H22N2O. The van der Waals surface area contributed by atoms with E-state index in [1.165, 1.54) is 16.5 Å². The normalized spacial score (nSPS) is 22.4. The highest BCUT2D eigenvalue weighted by Crippen LogP contribution is 2.49. The van der Waals surface area contributed by atoms with Crippen molar-refractivity contribution >= 4 is 16.6 Å². The van der Waals surface area contributed by atoms with Crippen molar-refractivity contribution in [3.8, 4) is 0 Å². The van der Waals surface area contributed by atoms with E-state index in [9.17, 15) is 0 Å². The van der Waals surface area contributed by atoms with Gasteiger partial charge < -0.3 is 4.98 Å². The zero-order valence-electron chi connectivity index (χ0n) is 15.3. The Kier molecular flexibility index (Phi) is 3.76. The lowest BCUT2D eigenvalue weighted by Gasteiger charge is -2.27. The summed E-state index contributed by atoms with van der Waals surface area (Å²) >= 11 is 0. The van der Waals surface area contributed by atoms with Gasteiger partial charge in [0.25, 0.3) is 0 Å². The highest BCUT2D eigenvalue weighted by atomic mass is 16.7. The molecule has 0 unspecified atom stereocenters. The van der Waals surface area contributed by atoms with E-state index in [2.05, 4.69) is 96.0 Å². The summed E-state index contributed by atoms with van der Waals surface area (Å²) in [5.74, 6) is 0. The SMILES string of the molecule is C[C@@]1(c2ccccc2)C[C@H](c2c[nH]c3ccccc23)N(c2ccccc2)O1. The Hall–Kier alpha value is -3.04. The Morgan fingerprint density at radius 3 is 2.33 bits per heavy atom. The van der Waals surface area contributed by atoms with E-state index < -0.39 is 0 Å². The predicted molar refractivity (Wildman–Crippen MR) is 109 cm³/mol. The fraction of sp³-hybridized carbons (Fsp3) is 0.167. The maximum absolute atomic E-state index is 6.63. The number of aromatic amines is 1. The van der Waals surface area contributed by atoms with E-state index in [0.717, 1.165) is 17.6 Å². The molecule has 27 heavy (non-hydrogen) atoms. The lowest BCUT2D eigenvalue weighted by atomic mass is 9.88. The number of rotatable bonds is 3. The highest BCUT2D eigenvalue weighted by molar-refractivity contribution is 5.84. The Morgan fingerprint density at radius 2 is 1.56 bits per heavy atom. The molecule has 0 amide bonds. The smallest absolute Gasteiger partial charge is 0.121 e. The molecule has 0 saturated carbocycles. The quantitative estimate of drug-likeness (QED) is 0.491. The van der Waals surface area contributed by atoms with Gasteiger partial charge in [0.05, 0.1) is 11.7 Å². The molecule has 1 saturated heterocycles. The number of hydrogen-bond donors (Lipinski definition) is 1. The molecular weight excluding hydrogens is 332 g/mol. The fourth-order valence-corrected chi connectivity index (χ4v) is 4.14. The molecule has 1 N–H and O–H groups in total. The predicted octanol–water partition coefficient (Wildman–Crippen LogP) is 5.97. The number of nitrogens with one attached hydrogen (secondary N) is 1. The summed E-state index contributed by atoms with van der Waals surface area (Å²) in [6, 6.07) is 29.5. The fourth-order valence-electron chi connectivity index (χ4n) is 4.14. The molecule has 134 valence electrons. The maximum Gasteiger partial charge on any atom is 0.121 e. The van der Waals surface area contributed by atoms with E-state index >= 15 is 0 Å². The molecule has 0 radical (unpaired) electrons. The van der Waals surface area contributed by atoms with E-state index in [-0.39, 0.29) is 11.6 Å². The third-order valence-electron chi connectivity index (χ3n) is 5.54. The molecule has 2 heterocycles. The van der Waals surface area contributed by atoms with E-state index in [1.807, 2.05) is 12.1 Å². The number of nitrogens with zero attached hydrogens (tertiary/aromatic N) is 1. The van der Waals surface area contributed by atoms with Gasteiger partial charge in [-0.15, -0.1) is 0 Å². The van der Waals surface area contributed by atoms with Crippen LogP contribution in [0.25, 0.3) is 10.9 Å². The van der Waals surface area contributed by atoms with Crippen molar-refractivity contribution in [2.24, 2.45) is 0 Å². The van der Waals surface area contributed by atoms with E-state index in [1.54, 1.807) is 0 Å². The van der Waals surface area contributed by atoms with Crippen molar-refractivity contribution in [3.05, 3.63) is 102 Å². The first-order valence-electron chi connectivity index (χ1n) is 9.40. The third-order valence-corrected chi connectivity index (χ3v) is 5.54. The molecule has 0 bridgehead atoms. The number of fused-ring (bicyclic) bond motifs is 1. The van der Waals surface area contributed by atoms with Crippen LogP contribution in [0.3, 0.4) is 0 Å². The Morgan fingerprint density at radius 1 is 0.889 bits per heavy atom. The molecule has 2 atom stereocenters. The molecule has 3 nitrogen and oxygen atoms in total. The second kappa shape index (κ2) is 6.29. The first-order valence-corrected chi connectivity index (χ1v) is 9.40. The van der Waals surface area contributed by atoms with Crippen LogP contribution in [-0.2, 0) is 10.4 Å². The van der Waals surface area contributed by atoms with Gasteiger partial charge in [0.1, 0.15) is 5.60 Å². The van der Waals surface area contributed by atoms with E-state index in [0.29, 0.717) is 0 Å². The summed E-state index contributed by atoms with van der Waals surface area (Å²) in [6.45, 7) is 2.19. The molecule has 1 aromatic heterocycles. The number of benzene rings is 3. The van der Waals surface area contributed by atoms with Gasteiger partial charge >= 0.3 is 0 Å². The molecule has 1 fully saturated rings. The molecule has 4 aromatic rings. The molecule has 1 aliphatic rings. The van der Waals surface area contributed by atoms with Crippen LogP contribution in [0.1, 0.15) is 30.5 Å². The van der Waals surface area contributed by atoms with Crippen LogP contribution >= 0.6 is 0 Å². The second-order valence-corrected chi connectivity index (χ2v) is 7.36. The zero-order valence-corrected chi connectivity index (χ0v) is 15.3. The van der Waals surface area contributed by atoms with Crippen molar-refractivity contribution < 1.29 is 4.84 Å². The molecule has 1 aliphatic heterocycles. The number of aromatic nitrogens is 1. The second-order valence-electron chi connectivity index (χ2n) is 7.36. The minimum Gasteiger partial charge on any atom is -0.361 e. The summed E-state index contributed by atoms with van der Waals surface area (Å²) in [5, 5.41) is 3.34. The number of hydrogen-bond acceptors (Lipinski definition) is 2. The van der Waals surface area contributed by atoms with Crippen LogP contribution in [0.2, 0.25) is 0 Å². The van der Waals surface area contributed by atoms with Crippen LogP contribution in [0.5, 0.6) is 0 Å². The van der Waals surface area contributed by atoms with Crippen LogP contribution in [0, 0.1) is 0 Å². The average Bonchev–Trinajstić information content (AvgIpc) is 3.31. The third kappa shape index (κ3) is 2.71. The lowest BCUT2D eigenvalue weighted by molar-refractivity contribution is -0.00263. The Balaban J connectivity index is 1.63. The highest BCUT2D eigenvalue weighted by Gasteiger charge is 2.45. The molecule has 0 aliphatic carbocycles. The first kappa shape index (κ1) is 16.2. The topological polar surface area (TPSA) is 28.3 Å². The van der Waals surface area contributed by atoms with Gasteiger partial charge in [-0.1, -0.05) is 66.7 Å². The van der Waals surface area contributed by atoms with Crippen molar-refractivity contribution in [2.45, 2.75) is 25.0 Å². The number of para-hydroxylation sites is 2. The molecule has 3 heteroatoms. The summed E-state index contributed by atoms with van der Waals surface area (Å²) in [5.41, 5.74) is 4.34. The summed E-state index contributed by atoms with van der Waals surface area (Å²) in [4.78, 5) is 10.0. The minimum atomic E-state index is -0.375. The maximum atomic E-state index is 6.63. The van der Waals surface area contributed by atoms with E-state index in [4.69, 9.17) is 4.84 Å². The van der Waals surface area contributed by atoms with Crippen molar-refractivity contribution in [3.63, 3.8) is 0 Å². The standard InChI is InChI=1S/C24H22N2O/c1-24(18-10-4-2-5-11-18)16-23(26(27-24)19-12-6-3-7-13-19)21-17-25-22-15-9-8-14-20(21)22/h2-15,17,23,25H,16H2,1H3/t23-,24+/m1/s1. The van der Waals surface area contributed by atoms with Gasteiger partial charge in [-0.2, -0.15) is 0 Å². The average molecular weight is 354 g/mol. The van der Waals surface area contributed by atoms with Gasteiger partial charge in [0.2, 0.25) is 0 Å². The van der Waals surface area contributed by atoms with Crippen LogP contribution in [-0.4, -0.2) is 4.98 Å². The van der Waals surface area contributed by atoms with Gasteiger partial charge in [0, 0.05) is 29.1 Å². The van der Waals surface area contributed by atoms with Crippen LogP contribution in [0.15, 0.2) is 91.1 Å². The van der Waals surface area contributed by atoms with Crippen LogP contribution in [0.4, 0.5) is 5.69 Å².